The molecule has 3 aromatic carbocycles. The van der Waals surface area contributed by atoms with E-state index in [0.717, 1.165) is 8.56 Å². The second-order valence-electron chi connectivity index (χ2n) is 6.90. The van der Waals surface area contributed by atoms with E-state index in [4.69, 9.17) is 100 Å². The fraction of sp³-hybridized carbons (Fsp3) is 0. The van der Waals surface area contributed by atoms with Gasteiger partial charge in [-0.2, -0.15) is 4.52 Å². The van der Waals surface area contributed by atoms with E-state index in [2.05, 4.69) is 4.52 Å². The first-order valence-corrected chi connectivity index (χ1v) is 16.8. The highest BCUT2D eigenvalue weighted by Gasteiger charge is 2.52. The molecule has 0 aromatic heterocycles. The minimum Gasteiger partial charge on any atom is -0.415 e. The summed E-state index contributed by atoms with van der Waals surface area (Å²) >= 11 is 38.7. The van der Waals surface area contributed by atoms with Crippen LogP contribution in [0.3, 0.4) is 0 Å². The number of anilines is 3. The molecule has 3 aromatic rings. The lowest BCUT2D eigenvalue weighted by atomic mass is 10.3. The van der Waals surface area contributed by atoms with Crippen molar-refractivity contribution < 1.29 is 13.9 Å². The summed E-state index contributed by atoms with van der Waals surface area (Å²) in [4.78, 5) is 6.10. The predicted molar refractivity (Wildman–Crippen MR) is 154 cm³/mol. The Balaban J connectivity index is 1.90. The van der Waals surface area contributed by atoms with Crippen molar-refractivity contribution in [2.24, 2.45) is 4.52 Å². The van der Waals surface area contributed by atoms with Gasteiger partial charge >= 0.3 is 7.66 Å². The third kappa shape index (κ3) is 6.09. The summed E-state index contributed by atoms with van der Waals surface area (Å²) < 4.78 is 19.5. The van der Waals surface area contributed by atoms with Gasteiger partial charge in [-0.3, -0.25) is 0 Å². The average Bonchev–Trinajstić information content (AvgIpc) is 2.80. The Kier molecular flexibility index (Phi) is 9.04. The summed E-state index contributed by atoms with van der Waals surface area (Å²) in [6, 6.07) is 13.9. The van der Waals surface area contributed by atoms with Crippen LogP contribution in [0.25, 0.3) is 0 Å². The zero-order chi connectivity index (χ0) is 26.2. The van der Waals surface area contributed by atoms with Gasteiger partial charge in [-0.25, -0.2) is 0 Å². The lowest BCUT2D eigenvalue weighted by Gasteiger charge is -2.41. The third-order valence-electron chi connectivity index (χ3n) is 4.30. The monoisotopic (exact) mass is 666 g/mol. The molecule has 2 atom stereocenters. The molecule has 18 heteroatoms. The molecule has 1 aliphatic heterocycles. The molecule has 6 N–H and O–H groups in total. The van der Waals surface area contributed by atoms with Gasteiger partial charge in [0.1, 0.15) is 11.5 Å². The van der Waals surface area contributed by atoms with Crippen molar-refractivity contribution in [3.63, 3.8) is 0 Å². The Hall–Kier alpha value is -0.790. The summed E-state index contributed by atoms with van der Waals surface area (Å²) in [5.41, 5.74) is 18.7. The molecular formula is C18H15Cl6N6O3P3. The largest absolute Gasteiger partial charge is 0.443 e. The van der Waals surface area contributed by atoms with Crippen molar-refractivity contribution in [1.82, 2.24) is 8.56 Å². The van der Waals surface area contributed by atoms with Crippen LogP contribution < -0.4 is 31.1 Å². The molecule has 9 nitrogen and oxygen atoms in total. The van der Waals surface area contributed by atoms with Gasteiger partial charge in [-0.1, -0.05) is 46.0 Å². The Morgan fingerprint density at radius 2 is 1.14 bits per heavy atom. The van der Waals surface area contributed by atoms with E-state index in [0.29, 0.717) is 17.1 Å². The van der Waals surface area contributed by atoms with E-state index in [1.807, 2.05) is 0 Å². The quantitative estimate of drug-likeness (QED) is 0.135. The molecule has 1 heterocycles. The Bertz CT molecular complexity index is 1300. The first-order chi connectivity index (χ1) is 17.0. The highest BCUT2D eigenvalue weighted by Crippen LogP contribution is 2.81. The smallest absolute Gasteiger partial charge is 0.415 e. The van der Waals surface area contributed by atoms with Crippen molar-refractivity contribution in [3.8, 4) is 17.2 Å². The molecule has 0 radical (unpaired) electrons. The van der Waals surface area contributed by atoms with Gasteiger partial charge in [-0.15, -0.1) is 3.96 Å². The summed E-state index contributed by atoms with van der Waals surface area (Å²) in [6.07, 6.45) is 0. The van der Waals surface area contributed by atoms with E-state index in [1.165, 1.54) is 36.4 Å². The lowest BCUT2D eigenvalue weighted by Crippen LogP contribution is -2.29. The van der Waals surface area contributed by atoms with Crippen LogP contribution in [0.1, 0.15) is 0 Å². The Morgan fingerprint density at radius 1 is 0.722 bits per heavy atom. The topological polar surface area (TPSA) is 125 Å². The summed E-state index contributed by atoms with van der Waals surface area (Å²) in [5, 5.41) is 0.533. The molecule has 36 heavy (non-hydrogen) atoms. The minimum absolute atomic E-state index is 0.162. The first-order valence-electron chi connectivity index (χ1n) is 9.51. The predicted octanol–water partition coefficient (Wildman–Crippen LogP) is 9.49. The highest BCUT2D eigenvalue weighted by molar-refractivity contribution is 8.00. The molecule has 2 unspecified atom stereocenters. The van der Waals surface area contributed by atoms with Gasteiger partial charge < -0.3 is 31.1 Å². The van der Waals surface area contributed by atoms with Gasteiger partial charge in [0.2, 0.25) is 15.2 Å². The maximum Gasteiger partial charge on any atom is 0.443 e. The van der Waals surface area contributed by atoms with Crippen molar-refractivity contribution in [3.05, 3.63) is 69.7 Å². The van der Waals surface area contributed by atoms with Crippen LogP contribution in [-0.2, 0) is 0 Å². The molecule has 0 amide bonds. The number of nitrogen functional groups attached to an aromatic ring is 3. The minimum atomic E-state index is -3.81. The number of halogens is 6. The number of nitrogens with two attached hydrogens (primary N) is 3. The van der Waals surface area contributed by atoms with Crippen molar-refractivity contribution in [2.75, 3.05) is 17.2 Å². The highest BCUT2D eigenvalue weighted by atomic mass is 35.7. The number of hydrogen-bond donors (Lipinski definition) is 3. The maximum atomic E-state index is 6.73. The molecule has 0 saturated carbocycles. The molecule has 192 valence electrons. The molecule has 0 fully saturated rings. The SMILES string of the molecule is Nc1ccc(ON2P(Cl)N(Cl)P(Cl)N=P2(Oc2ccc(N)cc2Cl)Oc2ccc(N)cc2Cl)c(Cl)c1. The van der Waals surface area contributed by atoms with Crippen LogP contribution in [0.2, 0.25) is 15.1 Å². The van der Waals surface area contributed by atoms with Crippen LogP contribution in [0.5, 0.6) is 17.2 Å². The lowest BCUT2D eigenvalue weighted by molar-refractivity contribution is 0.112. The van der Waals surface area contributed by atoms with Crippen molar-refractivity contribution in [1.29, 1.82) is 0 Å². The summed E-state index contributed by atoms with van der Waals surface area (Å²) in [5.74, 6) is 0.493. The zero-order valence-electron chi connectivity index (χ0n) is 17.6. The van der Waals surface area contributed by atoms with Gasteiger partial charge in [0.15, 0.2) is 5.75 Å². The van der Waals surface area contributed by atoms with Crippen molar-refractivity contribution in [2.45, 2.75) is 0 Å². The van der Waals surface area contributed by atoms with E-state index in [9.17, 15) is 0 Å². The second-order valence-corrected chi connectivity index (χ2v) is 15.9. The van der Waals surface area contributed by atoms with E-state index in [1.54, 1.807) is 18.2 Å². The molecule has 4 rings (SSSR count). The first kappa shape index (κ1) is 28.2. The molecule has 0 aliphatic carbocycles. The normalized spacial score (nSPS) is 19.9. The molecular weight excluding hydrogens is 654 g/mol. The Labute approximate surface area is 238 Å². The van der Waals surface area contributed by atoms with E-state index < -0.39 is 22.8 Å². The van der Waals surface area contributed by atoms with E-state index >= 15 is 0 Å². The Morgan fingerprint density at radius 3 is 1.56 bits per heavy atom. The van der Waals surface area contributed by atoms with Crippen LogP contribution in [0.15, 0.2) is 59.1 Å². The average molecular weight is 669 g/mol. The van der Waals surface area contributed by atoms with Crippen LogP contribution in [0.4, 0.5) is 17.1 Å². The zero-order valence-corrected chi connectivity index (χ0v) is 24.8. The van der Waals surface area contributed by atoms with E-state index in [-0.39, 0.29) is 32.3 Å². The maximum absolute atomic E-state index is 6.73. The van der Waals surface area contributed by atoms with Gasteiger partial charge in [0, 0.05) is 21.7 Å². The standard InChI is InChI=1S/C18H15Cl6N6O3P3/c19-13-7-10(25)1-4-16(13)31-30-35(24)29(22)34(23)28-36(30,32-17-5-2-11(26)8-14(17)20)33-18-6-3-12(27)9-15(18)21/h1-9H,25-27H2. The fourth-order valence-corrected chi connectivity index (χ4v) is 13.0. The fourth-order valence-electron chi connectivity index (χ4n) is 2.71. The third-order valence-corrected chi connectivity index (χ3v) is 15.4. The van der Waals surface area contributed by atoms with Gasteiger partial charge in [0.05, 0.1) is 15.1 Å². The molecule has 1 aliphatic rings. The number of nitrogens with zero attached hydrogens (tertiary/aromatic N) is 3. The van der Waals surface area contributed by atoms with Crippen LogP contribution >= 0.6 is 91.9 Å². The molecule has 0 spiro atoms. The van der Waals surface area contributed by atoms with Gasteiger partial charge in [-0.05, 0) is 77.6 Å². The number of rotatable bonds is 6. The van der Waals surface area contributed by atoms with Crippen LogP contribution in [0, 0.1) is 0 Å². The van der Waals surface area contributed by atoms with Crippen LogP contribution in [-0.4, -0.2) is 8.56 Å². The number of hydrogen-bond acceptors (Lipinski definition) is 9. The van der Waals surface area contributed by atoms with Crippen molar-refractivity contribution >= 4 is 109 Å². The number of benzene rings is 3. The summed E-state index contributed by atoms with van der Waals surface area (Å²) in [7, 11) is -7.80. The molecule has 0 bridgehead atoms. The van der Waals surface area contributed by atoms with Gasteiger partial charge in [0.25, 0.3) is 0 Å². The molecule has 0 saturated heterocycles. The summed E-state index contributed by atoms with van der Waals surface area (Å²) in [6.45, 7) is 0. The second kappa shape index (κ2) is 11.5.